The summed E-state index contributed by atoms with van der Waals surface area (Å²) in [6, 6.07) is 5.14. The van der Waals surface area contributed by atoms with Gasteiger partial charge in [0, 0.05) is 10.5 Å². The van der Waals surface area contributed by atoms with Crippen LogP contribution in [0.4, 0.5) is 4.39 Å². The number of hydrogen-bond donors (Lipinski definition) is 1. The van der Waals surface area contributed by atoms with Gasteiger partial charge in [-0.25, -0.2) is 4.39 Å². The fourth-order valence-corrected chi connectivity index (χ4v) is 3.02. The topological polar surface area (TPSA) is 12.0 Å². The van der Waals surface area contributed by atoms with Crippen LogP contribution in [0.25, 0.3) is 0 Å². The summed E-state index contributed by atoms with van der Waals surface area (Å²) in [5.41, 5.74) is 1.03. The summed E-state index contributed by atoms with van der Waals surface area (Å²) < 4.78 is 14.4. The third-order valence-electron chi connectivity index (χ3n) is 3.79. The summed E-state index contributed by atoms with van der Waals surface area (Å²) >= 11 is 3.53. The van der Waals surface area contributed by atoms with Crippen molar-refractivity contribution in [3.63, 3.8) is 0 Å². The van der Waals surface area contributed by atoms with Crippen LogP contribution in [0.15, 0.2) is 22.7 Å². The first-order chi connectivity index (χ1) is 9.12. The zero-order chi connectivity index (χ0) is 14.3. The summed E-state index contributed by atoms with van der Waals surface area (Å²) in [5.74, 6) is 0.535. The van der Waals surface area contributed by atoms with Crippen LogP contribution in [0, 0.1) is 11.7 Å². The molecule has 0 spiro atoms. The van der Waals surface area contributed by atoms with E-state index >= 15 is 0 Å². The lowest BCUT2D eigenvalue weighted by Gasteiger charge is -2.24. The Morgan fingerprint density at radius 3 is 2.63 bits per heavy atom. The molecule has 1 N–H and O–H groups in total. The van der Waals surface area contributed by atoms with E-state index in [-0.39, 0.29) is 11.9 Å². The van der Waals surface area contributed by atoms with Gasteiger partial charge in [0.05, 0.1) is 0 Å². The van der Waals surface area contributed by atoms with E-state index in [9.17, 15) is 4.39 Å². The zero-order valence-corrected chi connectivity index (χ0v) is 13.8. The molecule has 0 heterocycles. The van der Waals surface area contributed by atoms with Gasteiger partial charge in [0.2, 0.25) is 0 Å². The van der Waals surface area contributed by atoms with Gasteiger partial charge >= 0.3 is 0 Å². The highest BCUT2D eigenvalue weighted by Crippen LogP contribution is 2.31. The van der Waals surface area contributed by atoms with Crippen molar-refractivity contribution in [1.82, 2.24) is 5.32 Å². The van der Waals surface area contributed by atoms with Crippen LogP contribution in [-0.2, 0) is 0 Å². The second-order valence-corrected chi connectivity index (χ2v) is 6.01. The lowest BCUT2D eigenvalue weighted by atomic mass is 9.89. The van der Waals surface area contributed by atoms with Gasteiger partial charge in [0.25, 0.3) is 0 Å². The van der Waals surface area contributed by atoms with Gasteiger partial charge in [0.15, 0.2) is 0 Å². The van der Waals surface area contributed by atoms with E-state index in [4.69, 9.17) is 0 Å². The molecule has 1 aromatic carbocycles. The predicted octanol–water partition coefficient (Wildman–Crippen LogP) is 5.46. The lowest BCUT2D eigenvalue weighted by Crippen LogP contribution is -2.20. The van der Waals surface area contributed by atoms with Crippen molar-refractivity contribution < 1.29 is 4.39 Å². The summed E-state index contributed by atoms with van der Waals surface area (Å²) in [5, 5.41) is 3.33. The number of rotatable bonds is 8. The maximum atomic E-state index is 13.4. The minimum atomic E-state index is -0.167. The molecule has 3 heteroatoms. The molecule has 1 aromatic rings. The van der Waals surface area contributed by atoms with Crippen molar-refractivity contribution in [1.29, 1.82) is 0 Å². The molecule has 0 radical (unpaired) electrons. The number of unbranched alkanes of at least 4 members (excludes halogenated alkanes) is 1. The summed E-state index contributed by atoms with van der Waals surface area (Å²) in [4.78, 5) is 0. The Bertz CT molecular complexity index is 381. The fraction of sp³-hybridized carbons (Fsp3) is 0.625. The minimum Gasteiger partial charge on any atom is -0.313 e. The van der Waals surface area contributed by atoms with Crippen molar-refractivity contribution in [2.45, 2.75) is 52.0 Å². The molecule has 0 aliphatic rings. The Kier molecular flexibility index (Phi) is 7.62. The minimum absolute atomic E-state index is 0.167. The first kappa shape index (κ1) is 16.6. The molecule has 0 aliphatic carbocycles. The van der Waals surface area contributed by atoms with E-state index in [1.807, 2.05) is 7.05 Å². The second-order valence-electron chi connectivity index (χ2n) is 5.16. The average Bonchev–Trinajstić information content (AvgIpc) is 2.42. The molecule has 0 bridgehead atoms. The maximum absolute atomic E-state index is 13.4. The van der Waals surface area contributed by atoms with E-state index in [0.29, 0.717) is 5.92 Å². The van der Waals surface area contributed by atoms with Gasteiger partial charge in [0.1, 0.15) is 5.82 Å². The summed E-state index contributed by atoms with van der Waals surface area (Å²) in [7, 11) is 1.95. The molecule has 1 nitrogen and oxygen atoms in total. The van der Waals surface area contributed by atoms with Gasteiger partial charge in [-0.05, 0) is 43.1 Å². The summed E-state index contributed by atoms with van der Waals surface area (Å²) in [6.07, 6.45) is 6.03. The normalized spacial score (nSPS) is 14.4. The second kappa shape index (κ2) is 8.70. The largest absolute Gasteiger partial charge is 0.313 e. The Morgan fingerprint density at radius 2 is 2.05 bits per heavy atom. The predicted molar refractivity (Wildman–Crippen MR) is 83.8 cm³/mol. The molecular formula is C16H25BrFN. The van der Waals surface area contributed by atoms with Crippen molar-refractivity contribution in [3.05, 3.63) is 34.1 Å². The third kappa shape index (κ3) is 5.23. The Labute approximate surface area is 125 Å². The van der Waals surface area contributed by atoms with Gasteiger partial charge in [-0.15, -0.1) is 0 Å². The first-order valence-corrected chi connectivity index (χ1v) is 8.03. The number of benzene rings is 1. The highest BCUT2D eigenvalue weighted by atomic mass is 79.9. The van der Waals surface area contributed by atoms with E-state index in [1.54, 1.807) is 12.1 Å². The quantitative estimate of drug-likeness (QED) is 0.668. The van der Waals surface area contributed by atoms with Crippen molar-refractivity contribution in [2.24, 2.45) is 5.92 Å². The molecule has 19 heavy (non-hydrogen) atoms. The molecule has 0 aromatic heterocycles. The highest BCUT2D eigenvalue weighted by Gasteiger charge is 2.18. The Balaban J connectivity index is 2.78. The average molecular weight is 330 g/mol. The SMILES string of the molecule is CCCCC(CC)CC(NC)c1cc(F)ccc1Br. The van der Waals surface area contributed by atoms with Gasteiger partial charge in [-0.3, -0.25) is 0 Å². The fourth-order valence-electron chi connectivity index (χ4n) is 2.50. The van der Waals surface area contributed by atoms with Crippen LogP contribution >= 0.6 is 15.9 Å². The van der Waals surface area contributed by atoms with Crippen molar-refractivity contribution in [2.75, 3.05) is 7.05 Å². The monoisotopic (exact) mass is 329 g/mol. The molecule has 0 fully saturated rings. The number of halogens is 2. The van der Waals surface area contributed by atoms with Gasteiger partial charge < -0.3 is 5.32 Å². The van der Waals surface area contributed by atoms with Crippen LogP contribution in [-0.4, -0.2) is 7.05 Å². The van der Waals surface area contributed by atoms with Gasteiger partial charge in [-0.1, -0.05) is 55.5 Å². The van der Waals surface area contributed by atoms with Crippen LogP contribution in [0.2, 0.25) is 0 Å². The molecule has 0 saturated heterocycles. The van der Waals surface area contributed by atoms with Crippen LogP contribution in [0.3, 0.4) is 0 Å². The number of nitrogens with one attached hydrogen (secondary N) is 1. The molecule has 108 valence electrons. The van der Waals surface area contributed by atoms with Crippen molar-refractivity contribution >= 4 is 15.9 Å². The summed E-state index contributed by atoms with van der Waals surface area (Å²) in [6.45, 7) is 4.47. The van der Waals surface area contributed by atoms with Crippen LogP contribution in [0.5, 0.6) is 0 Å². The number of hydrogen-bond acceptors (Lipinski definition) is 1. The molecule has 1 rings (SSSR count). The molecule has 0 amide bonds. The molecular weight excluding hydrogens is 305 g/mol. The van der Waals surface area contributed by atoms with Crippen LogP contribution < -0.4 is 5.32 Å². The molecule has 2 atom stereocenters. The first-order valence-electron chi connectivity index (χ1n) is 7.24. The third-order valence-corrected chi connectivity index (χ3v) is 4.52. The Hall–Kier alpha value is -0.410. The zero-order valence-electron chi connectivity index (χ0n) is 12.2. The Morgan fingerprint density at radius 1 is 1.32 bits per heavy atom. The highest BCUT2D eigenvalue weighted by molar-refractivity contribution is 9.10. The van der Waals surface area contributed by atoms with E-state index in [2.05, 4.69) is 35.1 Å². The van der Waals surface area contributed by atoms with E-state index in [0.717, 1.165) is 16.5 Å². The van der Waals surface area contributed by atoms with Crippen molar-refractivity contribution in [3.8, 4) is 0 Å². The smallest absolute Gasteiger partial charge is 0.123 e. The molecule has 0 saturated carbocycles. The lowest BCUT2D eigenvalue weighted by molar-refractivity contribution is 0.363. The van der Waals surface area contributed by atoms with E-state index < -0.39 is 0 Å². The standard InChI is InChI=1S/C16H25BrFN/c1-4-6-7-12(5-2)10-16(19-3)14-11-13(18)8-9-15(14)17/h8-9,11-12,16,19H,4-7,10H2,1-3H3. The van der Waals surface area contributed by atoms with Gasteiger partial charge in [-0.2, -0.15) is 0 Å². The van der Waals surface area contributed by atoms with Crippen LogP contribution in [0.1, 0.15) is 57.6 Å². The maximum Gasteiger partial charge on any atom is 0.123 e. The molecule has 2 unspecified atom stereocenters. The van der Waals surface area contributed by atoms with E-state index in [1.165, 1.54) is 31.7 Å². The molecule has 0 aliphatic heterocycles.